The third-order valence-electron chi connectivity index (χ3n) is 2.66. The third-order valence-corrected chi connectivity index (χ3v) is 2.66. The molecule has 1 aromatic carbocycles. The summed E-state index contributed by atoms with van der Waals surface area (Å²) in [4.78, 5) is 4.10. The summed E-state index contributed by atoms with van der Waals surface area (Å²) in [5, 5.41) is 0. The van der Waals surface area contributed by atoms with Crippen molar-refractivity contribution in [2.24, 2.45) is 10.9 Å². The molecule has 0 aromatic heterocycles. The molecule has 1 aliphatic rings. The van der Waals surface area contributed by atoms with Crippen LogP contribution in [0.15, 0.2) is 17.1 Å². The lowest BCUT2D eigenvalue weighted by Crippen LogP contribution is -2.13. The zero-order valence-corrected chi connectivity index (χ0v) is 9.51. The zero-order valence-electron chi connectivity index (χ0n) is 9.51. The molecule has 92 valence electrons. The molecular formula is C12H12F3NO. The average Bonchev–Trinajstić information content (AvgIpc) is 2.65. The van der Waals surface area contributed by atoms with Crippen molar-refractivity contribution < 1.29 is 17.9 Å². The molecule has 0 unspecified atom stereocenters. The number of hydrogen-bond donors (Lipinski definition) is 0. The summed E-state index contributed by atoms with van der Waals surface area (Å²) in [7, 11) is 0. The minimum Gasteiger partial charge on any atom is -0.475 e. The fraction of sp³-hybridized carbons (Fsp3) is 0.417. The van der Waals surface area contributed by atoms with Gasteiger partial charge in [0, 0.05) is 12.1 Å². The molecule has 0 N–H and O–H groups in total. The molecule has 0 spiro atoms. The predicted octanol–water partition coefficient (Wildman–Crippen LogP) is 2.91. The summed E-state index contributed by atoms with van der Waals surface area (Å²) in [6, 6.07) is 1.12. The van der Waals surface area contributed by atoms with Gasteiger partial charge in [0.2, 0.25) is 5.90 Å². The minimum atomic E-state index is -0.995. The lowest BCUT2D eigenvalue weighted by molar-refractivity contribution is 0.290. The molecule has 5 heteroatoms. The highest BCUT2D eigenvalue weighted by molar-refractivity contribution is 5.95. The Morgan fingerprint density at radius 3 is 2.29 bits per heavy atom. The molecule has 0 saturated heterocycles. The first-order valence-corrected chi connectivity index (χ1v) is 5.34. The highest BCUT2D eigenvalue weighted by atomic mass is 19.1. The van der Waals surface area contributed by atoms with Crippen LogP contribution in [0.2, 0.25) is 0 Å². The Balaban J connectivity index is 2.39. The molecular weight excluding hydrogens is 231 g/mol. The molecule has 0 bridgehead atoms. The molecule has 1 heterocycles. The van der Waals surface area contributed by atoms with Gasteiger partial charge in [0.25, 0.3) is 0 Å². The lowest BCUT2D eigenvalue weighted by atomic mass is 10.1. The minimum absolute atomic E-state index is 0.0845. The Hall–Kier alpha value is -1.52. The average molecular weight is 243 g/mol. The molecule has 0 radical (unpaired) electrons. The van der Waals surface area contributed by atoms with Crippen molar-refractivity contribution in [2.75, 3.05) is 6.61 Å². The summed E-state index contributed by atoms with van der Waals surface area (Å²) >= 11 is 0. The van der Waals surface area contributed by atoms with Crippen molar-refractivity contribution in [3.05, 3.63) is 35.1 Å². The molecule has 2 rings (SSSR count). The van der Waals surface area contributed by atoms with E-state index in [1.165, 1.54) is 0 Å². The van der Waals surface area contributed by atoms with E-state index in [9.17, 15) is 13.2 Å². The van der Waals surface area contributed by atoms with Crippen LogP contribution in [0.4, 0.5) is 13.2 Å². The number of aliphatic imine (C=N–C) groups is 1. The summed E-state index contributed by atoms with van der Waals surface area (Å²) in [5.74, 6) is -2.81. The highest BCUT2D eigenvalue weighted by Crippen LogP contribution is 2.22. The van der Waals surface area contributed by atoms with Crippen LogP contribution in [0.3, 0.4) is 0 Å². The maximum absolute atomic E-state index is 13.5. The van der Waals surface area contributed by atoms with E-state index >= 15 is 0 Å². The van der Waals surface area contributed by atoms with E-state index < -0.39 is 23.0 Å². The molecule has 0 fully saturated rings. The number of ether oxygens (including phenoxy) is 1. The van der Waals surface area contributed by atoms with Crippen LogP contribution in [-0.4, -0.2) is 18.5 Å². The zero-order chi connectivity index (χ0) is 12.6. The predicted molar refractivity (Wildman–Crippen MR) is 57.4 cm³/mol. The summed E-state index contributed by atoms with van der Waals surface area (Å²) in [5.41, 5.74) is -0.394. The largest absolute Gasteiger partial charge is 0.475 e. The molecule has 1 atom stereocenters. The topological polar surface area (TPSA) is 21.6 Å². The van der Waals surface area contributed by atoms with Crippen molar-refractivity contribution in [3.63, 3.8) is 0 Å². The van der Waals surface area contributed by atoms with E-state index in [2.05, 4.69) is 4.99 Å². The van der Waals surface area contributed by atoms with Gasteiger partial charge in [-0.05, 0) is 5.92 Å². The first kappa shape index (κ1) is 12.0. The number of benzene rings is 1. The first-order chi connectivity index (χ1) is 7.99. The summed E-state index contributed by atoms with van der Waals surface area (Å²) in [6.07, 6.45) is 0. The third kappa shape index (κ3) is 2.28. The number of rotatable bonds is 2. The highest BCUT2D eigenvalue weighted by Gasteiger charge is 2.27. The van der Waals surface area contributed by atoms with E-state index in [4.69, 9.17) is 4.74 Å². The smallest absolute Gasteiger partial charge is 0.222 e. The van der Waals surface area contributed by atoms with Gasteiger partial charge in [-0.3, -0.25) is 0 Å². The van der Waals surface area contributed by atoms with E-state index in [0.717, 1.165) is 0 Å². The normalized spacial score (nSPS) is 19.4. The standard InChI is InChI=1S/C12H12F3NO/c1-6(2)10-5-17-12(16-10)11-8(14)3-7(13)4-9(11)15/h3-4,6,10H,5H2,1-2H3/t10-/m0/s1. The fourth-order valence-corrected chi connectivity index (χ4v) is 1.61. The molecule has 17 heavy (non-hydrogen) atoms. The number of hydrogen-bond acceptors (Lipinski definition) is 2. The molecule has 0 aliphatic carbocycles. The van der Waals surface area contributed by atoms with Gasteiger partial charge in [0.05, 0.1) is 6.04 Å². The number of halogens is 3. The van der Waals surface area contributed by atoms with E-state index in [-0.39, 0.29) is 17.9 Å². The second-order valence-electron chi connectivity index (χ2n) is 4.30. The Morgan fingerprint density at radius 2 is 1.82 bits per heavy atom. The van der Waals surface area contributed by atoms with Gasteiger partial charge in [0.1, 0.15) is 29.6 Å². The first-order valence-electron chi connectivity index (χ1n) is 5.34. The molecule has 1 aliphatic heterocycles. The monoisotopic (exact) mass is 243 g/mol. The molecule has 1 aromatic rings. The van der Waals surface area contributed by atoms with Crippen molar-refractivity contribution in [1.29, 1.82) is 0 Å². The Bertz CT molecular complexity index is 448. The van der Waals surface area contributed by atoms with E-state index in [1.54, 1.807) is 0 Å². The van der Waals surface area contributed by atoms with Crippen LogP contribution in [0.1, 0.15) is 19.4 Å². The van der Waals surface area contributed by atoms with Crippen LogP contribution in [0.5, 0.6) is 0 Å². The van der Waals surface area contributed by atoms with Gasteiger partial charge >= 0.3 is 0 Å². The SMILES string of the molecule is CC(C)[C@@H]1COC(c2c(F)cc(F)cc2F)=N1. The molecule has 0 amide bonds. The van der Waals surface area contributed by atoms with E-state index in [1.807, 2.05) is 13.8 Å². The number of nitrogens with zero attached hydrogens (tertiary/aromatic N) is 1. The van der Waals surface area contributed by atoms with Crippen molar-refractivity contribution in [2.45, 2.75) is 19.9 Å². The van der Waals surface area contributed by atoms with Crippen molar-refractivity contribution in [1.82, 2.24) is 0 Å². The quantitative estimate of drug-likeness (QED) is 0.782. The molecule has 0 saturated carbocycles. The summed E-state index contributed by atoms with van der Waals surface area (Å²) in [6.45, 7) is 4.18. The van der Waals surface area contributed by atoms with Crippen LogP contribution >= 0.6 is 0 Å². The second kappa shape index (κ2) is 4.39. The van der Waals surface area contributed by atoms with Gasteiger partial charge in [-0.25, -0.2) is 18.2 Å². The van der Waals surface area contributed by atoms with Gasteiger partial charge in [-0.15, -0.1) is 0 Å². The van der Waals surface area contributed by atoms with E-state index in [0.29, 0.717) is 18.7 Å². The Labute approximate surface area is 97.1 Å². The fourth-order valence-electron chi connectivity index (χ4n) is 1.61. The molecule has 2 nitrogen and oxygen atoms in total. The maximum Gasteiger partial charge on any atom is 0.222 e. The van der Waals surface area contributed by atoms with Gasteiger partial charge < -0.3 is 4.74 Å². The maximum atomic E-state index is 13.5. The van der Waals surface area contributed by atoms with Crippen LogP contribution in [-0.2, 0) is 4.74 Å². The van der Waals surface area contributed by atoms with Crippen LogP contribution in [0, 0.1) is 23.4 Å². The van der Waals surface area contributed by atoms with Gasteiger partial charge in [-0.1, -0.05) is 13.8 Å². The lowest BCUT2D eigenvalue weighted by Gasteiger charge is -2.06. The van der Waals surface area contributed by atoms with Crippen LogP contribution in [0.25, 0.3) is 0 Å². The Kier molecular flexibility index (Phi) is 3.09. The summed E-state index contributed by atoms with van der Waals surface area (Å²) < 4.78 is 44.8. The van der Waals surface area contributed by atoms with Gasteiger partial charge in [-0.2, -0.15) is 0 Å². The Morgan fingerprint density at radius 1 is 1.24 bits per heavy atom. The van der Waals surface area contributed by atoms with Crippen molar-refractivity contribution >= 4 is 5.90 Å². The van der Waals surface area contributed by atoms with Crippen LogP contribution < -0.4 is 0 Å². The van der Waals surface area contributed by atoms with Crippen molar-refractivity contribution in [3.8, 4) is 0 Å². The van der Waals surface area contributed by atoms with Gasteiger partial charge in [0.15, 0.2) is 0 Å². The second-order valence-corrected chi connectivity index (χ2v) is 4.30.